The molecular formula is C15H19N3. The van der Waals surface area contributed by atoms with Crippen LogP contribution in [0.1, 0.15) is 49.4 Å². The zero-order chi connectivity index (χ0) is 12.5. The van der Waals surface area contributed by atoms with E-state index in [1.807, 2.05) is 0 Å². The molecule has 0 amide bonds. The number of nitriles is 1. The molecule has 1 aromatic rings. The van der Waals surface area contributed by atoms with Gasteiger partial charge in [-0.3, -0.25) is 0 Å². The number of fused-ring (bicyclic) bond motifs is 1. The van der Waals surface area contributed by atoms with Gasteiger partial charge in [0.15, 0.2) is 0 Å². The van der Waals surface area contributed by atoms with Gasteiger partial charge >= 0.3 is 0 Å². The van der Waals surface area contributed by atoms with Gasteiger partial charge in [0.25, 0.3) is 0 Å². The van der Waals surface area contributed by atoms with E-state index >= 15 is 0 Å². The Morgan fingerprint density at radius 3 is 2.89 bits per heavy atom. The van der Waals surface area contributed by atoms with Crippen LogP contribution >= 0.6 is 0 Å². The second kappa shape index (κ2) is 4.61. The monoisotopic (exact) mass is 241 g/mol. The number of hydrogen-bond acceptors (Lipinski definition) is 3. The van der Waals surface area contributed by atoms with E-state index in [4.69, 9.17) is 4.98 Å². The maximum absolute atomic E-state index is 9.35. The largest absolute Gasteiger partial charge is 0.353 e. The second-order valence-corrected chi connectivity index (χ2v) is 5.47. The summed E-state index contributed by atoms with van der Waals surface area (Å²) >= 11 is 0. The molecule has 3 heteroatoms. The van der Waals surface area contributed by atoms with Crippen LogP contribution in [-0.2, 0) is 12.8 Å². The first kappa shape index (κ1) is 11.5. The summed E-state index contributed by atoms with van der Waals surface area (Å²) in [7, 11) is 0. The lowest BCUT2D eigenvalue weighted by Gasteiger charge is -2.26. The van der Waals surface area contributed by atoms with Gasteiger partial charge in [-0.05, 0) is 57.1 Å². The van der Waals surface area contributed by atoms with Crippen molar-refractivity contribution in [2.24, 2.45) is 0 Å². The highest BCUT2D eigenvalue weighted by molar-refractivity contribution is 5.57. The topological polar surface area (TPSA) is 39.9 Å². The maximum Gasteiger partial charge on any atom is 0.147 e. The molecule has 1 atom stereocenters. The Morgan fingerprint density at radius 2 is 2.17 bits per heavy atom. The molecule has 1 aliphatic carbocycles. The molecule has 1 aliphatic heterocycles. The fourth-order valence-corrected chi connectivity index (χ4v) is 3.17. The van der Waals surface area contributed by atoms with E-state index in [2.05, 4.69) is 24.0 Å². The summed E-state index contributed by atoms with van der Waals surface area (Å²) < 4.78 is 0. The Morgan fingerprint density at radius 1 is 1.33 bits per heavy atom. The lowest BCUT2D eigenvalue weighted by atomic mass is 9.95. The quantitative estimate of drug-likeness (QED) is 0.759. The minimum atomic E-state index is 0.520. The Balaban J connectivity index is 2.05. The molecule has 2 aliphatic rings. The van der Waals surface area contributed by atoms with Crippen LogP contribution in [0.4, 0.5) is 5.82 Å². The van der Waals surface area contributed by atoms with Crippen molar-refractivity contribution in [3.63, 3.8) is 0 Å². The molecule has 0 saturated carbocycles. The highest BCUT2D eigenvalue weighted by Gasteiger charge is 2.25. The van der Waals surface area contributed by atoms with Gasteiger partial charge in [-0.1, -0.05) is 0 Å². The summed E-state index contributed by atoms with van der Waals surface area (Å²) in [6.07, 6.45) is 7.07. The number of rotatable bonds is 1. The van der Waals surface area contributed by atoms with Crippen LogP contribution in [0, 0.1) is 11.3 Å². The third kappa shape index (κ3) is 1.86. The number of hydrogen-bond donors (Lipinski definition) is 0. The van der Waals surface area contributed by atoms with E-state index in [1.165, 1.54) is 36.9 Å². The summed E-state index contributed by atoms with van der Waals surface area (Å²) in [5, 5.41) is 9.35. The molecule has 0 N–H and O–H groups in total. The molecule has 1 aromatic heterocycles. The summed E-state index contributed by atoms with van der Waals surface area (Å²) in [5.41, 5.74) is 3.30. The molecule has 1 unspecified atom stereocenters. The van der Waals surface area contributed by atoms with E-state index in [1.54, 1.807) is 0 Å². The molecule has 3 nitrogen and oxygen atoms in total. The summed E-state index contributed by atoms with van der Waals surface area (Å²) in [6, 6.07) is 4.94. The van der Waals surface area contributed by atoms with Gasteiger partial charge in [0.05, 0.1) is 5.56 Å². The Bertz CT molecular complexity index is 501. The first-order chi connectivity index (χ1) is 8.79. The van der Waals surface area contributed by atoms with E-state index < -0.39 is 0 Å². The molecule has 2 heterocycles. The average molecular weight is 241 g/mol. The van der Waals surface area contributed by atoms with Gasteiger partial charge in [-0.25, -0.2) is 4.98 Å². The molecule has 0 spiro atoms. The van der Waals surface area contributed by atoms with Gasteiger partial charge in [-0.15, -0.1) is 0 Å². The van der Waals surface area contributed by atoms with Crippen molar-refractivity contribution in [3.05, 3.63) is 22.9 Å². The molecule has 1 saturated heterocycles. The number of pyridine rings is 1. The smallest absolute Gasteiger partial charge is 0.147 e. The molecule has 0 bridgehead atoms. The molecular weight excluding hydrogens is 222 g/mol. The highest BCUT2D eigenvalue weighted by Crippen LogP contribution is 2.30. The van der Waals surface area contributed by atoms with Crippen LogP contribution in [0.15, 0.2) is 6.07 Å². The van der Waals surface area contributed by atoms with Crippen LogP contribution in [0.2, 0.25) is 0 Å². The summed E-state index contributed by atoms with van der Waals surface area (Å²) in [4.78, 5) is 7.13. The zero-order valence-corrected chi connectivity index (χ0v) is 10.9. The fraction of sp³-hybridized carbons (Fsp3) is 0.600. The lowest BCUT2D eigenvalue weighted by molar-refractivity contribution is 0.660. The van der Waals surface area contributed by atoms with E-state index in [-0.39, 0.29) is 0 Å². The van der Waals surface area contributed by atoms with Gasteiger partial charge in [-0.2, -0.15) is 5.26 Å². The van der Waals surface area contributed by atoms with Gasteiger partial charge in [0, 0.05) is 18.3 Å². The number of aryl methyl sites for hydroxylation is 2. The Hall–Kier alpha value is -1.56. The van der Waals surface area contributed by atoms with Crippen molar-refractivity contribution in [2.75, 3.05) is 11.4 Å². The zero-order valence-electron chi connectivity index (χ0n) is 10.9. The van der Waals surface area contributed by atoms with Gasteiger partial charge in [0.2, 0.25) is 0 Å². The standard InChI is InChI=1S/C15H19N3/c1-11-5-4-8-18(11)15-13(10-16)9-12-6-2-3-7-14(12)17-15/h9,11H,2-8H2,1H3. The number of aromatic nitrogens is 1. The molecule has 18 heavy (non-hydrogen) atoms. The second-order valence-electron chi connectivity index (χ2n) is 5.47. The highest BCUT2D eigenvalue weighted by atomic mass is 15.2. The average Bonchev–Trinajstić information content (AvgIpc) is 2.83. The molecule has 3 rings (SSSR count). The van der Waals surface area contributed by atoms with Crippen molar-refractivity contribution >= 4 is 5.82 Å². The minimum absolute atomic E-state index is 0.520. The van der Waals surface area contributed by atoms with Gasteiger partial charge < -0.3 is 4.90 Å². The third-order valence-electron chi connectivity index (χ3n) is 4.23. The minimum Gasteiger partial charge on any atom is -0.353 e. The van der Waals surface area contributed by atoms with Crippen molar-refractivity contribution < 1.29 is 0 Å². The van der Waals surface area contributed by atoms with E-state index in [9.17, 15) is 5.26 Å². The summed E-state index contributed by atoms with van der Waals surface area (Å²) in [5.74, 6) is 0.933. The lowest BCUT2D eigenvalue weighted by Crippen LogP contribution is -2.28. The van der Waals surface area contributed by atoms with E-state index in [0.29, 0.717) is 6.04 Å². The Kier molecular flexibility index (Phi) is 2.95. The molecule has 94 valence electrons. The van der Waals surface area contributed by atoms with Crippen molar-refractivity contribution in [3.8, 4) is 6.07 Å². The predicted molar refractivity (Wildman–Crippen MR) is 71.6 cm³/mol. The van der Waals surface area contributed by atoms with Crippen LogP contribution < -0.4 is 4.90 Å². The van der Waals surface area contributed by atoms with E-state index in [0.717, 1.165) is 30.8 Å². The Labute approximate surface area is 108 Å². The first-order valence-electron chi connectivity index (χ1n) is 6.99. The SMILES string of the molecule is CC1CCCN1c1nc2c(cc1C#N)CCCC2. The number of nitrogens with zero attached hydrogens (tertiary/aromatic N) is 3. The van der Waals surface area contributed by atoms with Crippen LogP contribution in [0.25, 0.3) is 0 Å². The van der Waals surface area contributed by atoms with Crippen LogP contribution in [0.3, 0.4) is 0 Å². The molecule has 0 aromatic carbocycles. The van der Waals surface area contributed by atoms with Gasteiger partial charge in [0.1, 0.15) is 11.9 Å². The normalized spacial score (nSPS) is 22.7. The number of anilines is 1. The summed E-state index contributed by atoms with van der Waals surface area (Å²) in [6.45, 7) is 3.27. The van der Waals surface area contributed by atoms with Crippen molar-refractivity contribution in [2.45, 2.75) is 51.5 Å². The van der Waals surface area contributed by atoms with Crippen LogP contribution in [0.5, 0.6) is 0 Å². The molecule has 1 fully saturated rings. The van der Waals surface area contributed by atoms with Crippen molar-refractivity contribution in [1.82, 2.24) is 4.98 Å². The first-order valence-corrected chi connectivity index (χ1v) is 6.99. The van der Waals surface area contributed by atoms with Crippen molar-refractivity contribution in [1.29, 1.82) is 5.26 Å². The predicted octanol–water partition coefficient (Wildman–Crippen LogP) is 2.82. The third-order valence-corrected chi connectivity index (χ3v) is 4.23. The fourth-order valence-electron chi connectivity index (χ4n) is 3.17. The molecule has 0 radical (unpaired) electrons. The van der Waals surface area contributed by atoms with Crippen LogP contribution in [-0.4, -0.2) is 17.6 Å². The maximum atomic E-state index is 9.35.